The second-order valence-corrected chi connectivity index (χ2v) is 6.59. The van der Waals surface area contributed by atoms with Crippen LogP contribution in [0.4, 0.5) is 0 Å². The summed E-state index contributed by atoms with van der Waals surface area (Å²) in [7, 11) is 0. The van der Waals surface area contributed by atoms with Gasteiger partial charge in [0.15, 0.2) is 11.5 Å². The first-order valence-corrected chi connectivity index (χ1v) is 9.14. The Kier molecular flexibility index (Phi) is 4.15. The molecular formula is C20H14N2O3S. The summed E-state index contributed by atoms with van der Waals surface area (Å²) in [4.78, 5) is 16.4. The highest BCUT2D eigenvalue weighted by Crippen LogP contribution is 2.36. The molecule has 0 saturated heterocycles. The molecule has 2 heterocycles. The topological polar surface area (TPSA) is 75.1 Å². The predicted molar refractivity (Wildman–Crippen MR) is 101 cm³/mol. The Balaban J connectivity index is 1.86. The van der Waals surface area contributed by atoms with Gasteiger partial charge in [-0.2, -0.15) is 5.26 Å². The number of hydrogen-bond donors (Lipinski definition) is 1. The van der Waals surface area contributed by atoms with Gasteiger partial charge in [-0.3, -0.25) is 4.79 Å². The van der Waals surface area contributed by atoms with Crippen molar-refractivity contribution in [3.05, 3.63) is 64.4 Å². The third kappa shape index (κ3) is 2.83. The molecule has 6 heteroatoms. The summed E-state index contributed by atoms with van der Waals surface area (Å²) in [5.74, 6) is 1.32. The lowest BCUT2D eigenvalue weighted by molar-refractivity contribution is 0.174. The predicted octanol–water partition coefficient (Wildman–Crippen LogP) is 4.03. The van der Waals surface area contributed by atoms with Crippen LogP contribution in [0.2, 0.25) is 0 Å². The van der Waals surface area contributed by atoms with Crippen molar-refractivity contribution < 1.29 is 9.47 Å². The maximum absolute atomic E-state index is 12.5. The lowest BCUT2D eigenvalue weighted by Gasteiger charge is -2.09. The minimum absolute atomic E-state index is 0.103. The molecule has 5 nitrogen and oxygen atoms in total. The Morgan fingerprint density at radius 1 is 1.04 bits per heavy atom. The van der Waals surface area contributed by atoms with Crippen molar-refractivity contribution in [1.82, 2.24) is 4.98 Å². The van der Waals surface area contributed by atoms with Crippen LogP contribution in [0.15, 0.2) is 58.2 Å². The first-order valence-electron chi connectivity index (χ1n) is 7.91. The molecule has 0 atom stereocenters. The molecule has 0 unspecified atom stereocenters. The number of aromatic amines is 1. The molecule has 1 N–H and O–H groups in total. The zero-order valence-electron chi connectivity index (χ0n) is 13.9. The van der Waals surface area contributed by atoms with Gasteiger partial charge < -0.3 is 14.5 Å². The molecule has 1 aliphatic heterocycles. The normalized spacial score (nSPS) is 12.0. The van der Waals surface area contributed by atoms with Gasteiger partial charge in [0.05, 0.1) is 0 Å². The average Bonchev–Trinajstić information content (AvgIpc) is 3.15. The third-order valence-corrected chi connectivity index (χ3v) is 4.97. The highest BCUT2D eigenvalue weighted by molar-refractivity contribution is 7.98. The van der Waals surface area contributed by atoms with E-state index >= 15 is 0 Å². The van der Waals surface area contributed by atoms with Gasteiger partial charge in [0.25, 0.3) is 5.56 Å². The van der Waals surface area contributed by atoms with E-state index in [0.29, 0.717) is 22.8 Å². The summed E-state index contributed by atoms with van der Waals surface area (Å²) in [6, 6.07) is 17.1. The molecule has 0 amide bonds. The lowest BCUT2D eigenvalue weighted by atomic mass is 9.99. The molecule has 4 rings (SSSR count). The number of fused-ring (bicyclic) bond motifs is 1. The first-order chi connectivity index (χ1) is 12.7. The fraction of sp³-hybridized carbons (Fsp3) is 0.100. The summed E-state index contributed by atoms with van der Waals surface area (Å²) in [5.41, 5.74) is 2.54. The van der Waals surface area contributed by atoms with Gasteiger partial charge >= 0.3 is 0 Å². The number of thioether (sulfide) groups is 1. The van der Waals surface area contributed by atoms with Crippen LogP contribution in [-0.2, 0) is 0 Å². The van der Waals surface area contributed by atoms with Gasteiger partial charge in [-0.25, -0.2) is 0 Å². The second-order valence-electron chi connectivity index (χ2n) is 5.71. The second kappa shape index (κ2) is 6.62. The SMILES string of the molecule is CSc1ccc(-c2cc(-c3ccc4c(c3)OCO4)[nH]c(=O)c2C#N)cc1. The van der Waals surface area contributed by atoms with Crippen molar-refractivity contribution in [3.8, 4) is 40.0 Å². The van der Waals surface area contributed by atoms with Crippen LogP contribution < -0.4 is 15.0 Å². The van der Waals surface area contributed by atoms with Crippen LogP contribution in [0.1, 0.15) is 5.56 Å². The van der Waals surface area contributed by atoms with Crippen LogP contribution in [0.25, 0.3) is 22.4 Å². The van der Waals surface area contributed by atoms with Gasteiger partial charge in [-0.05, 0) is 48.2 Å². The number of ether oxygens (including phenoxy) is 2. The number of pyridine rings is 1. The average molecular weight is 362 g/mol. The summed E-state index contributed by atoms with van der Waals surface area (Å²) in [5, 5.41) is 9.44. The van der Waals surface area contributed by atoms with Gasteiger partial charge in [0, 0.05) is 21.7 Å². The van der Waals surface area contributed by atoms with Crippen LogP contribution in [0.3, 0.4) is 0 Å². The van der Waals surface area contributed by atoms with Crippen LogP contribution >= 0.6 is 11.8 Å². The monoisotopic (exact) mass is 362 g/mol. The Morgan fingerprint density at radius 3 is 2.50 bits per heavy atom. The number of nitrogens with one attached hydrogen (secondary N) is 1. The maximum Gasteiger partial charge on any atom is 0.266 e. The van der Waals surface area contributed by atoms with Crippen molar-refractivity contribution in [2.24, 2.45) is 0 Å². The molecule has 0 fully saturated rings. The van der Waals surface area contributed by atoms with Crippen molar-refractivity contribution in [2.45, 2.75) is 4.90 Å². The molecule has 0 bridgehead atoms. The van der Waals surface area contributed by atoms with E-state index in [2.05, 4.69) is 4.98 Å². The number of aromatic nitrogens is 1. The van der Waals surface area contributed by atoms with Gasteiger partial charge in [0.1, 0.15) is 11.6 Å². The van der Waals surface area contributed by atoms with E-state index in [-0.39, 0.29) is 12.4 Å². The minimum Gasteiger partial charge on any atom is -0.454 e. The van der Waals surface area contributed by atoms with Crippen LogP contribution in [0.5, 0.6) is 11.5 Å². The van der Waals surface area contributed by atoms with Gasteiger partial charge in [-0.1, -0.05) is 12.1 Å². The van der Waals surface area contributed by atoms with Gasteiger partial charge in [-0.15, -0.1) is 11.8 Å². The quantitative estimate of drug-likeness (QED) is 0.712. The third-order valence-electron chi connectivity index (χ3n) is 4.23. The Hall–Kier alpha value is -3.17. The number of nitrogens with zero attached hydrogens (tertiary/aromatic N) is 1. The molecule has 1 aliphatic rings. The van der Waals surface area contributed by atoms with E-state index in [9.17, 15) is 10.1 Å². The van der Waals surface area contributed by atoms with E-state index in [0.717, 1.165) is 16.0 Å². The first kappa shape index (κ1) is 16.3. The summed E-state index contributed by atoms with van der Waals surface area (Å²) in [6.45, 7) is 0.190. The highest BCUT2D eigenvalue weighted by atomic mass is 32.2. The Bertz CT molecular complexity index is 1080. The molecule has 0 spiro atoms. The molecule has 2 aromatic carbocycles. The number of hydrogen-bond acceptors (Lipinski definition) is 5. The Morgan fingerprint density at radius 2 is 1.77 bits per heavy atom. The van der Waals surface area contributed by atoms with Gasteiger partial charge in [0.2, 0.25) is 6.79 Å². The number of rotatable bonds is 3. The summed E-state index contributed by atoms with van der Waals surface area (Å²) < 4.78 is 10.7. The van der Waals surface area contributed by atoms with Crippen LogP contribution in [-0.4, -0.2) is 18.0 Å². The molecule has 0 aliphatic carbocycles. The number of benzene rings is 2. The maximum atomic E-state index is 12.5. The standard InChI is InChI=1S/C20H14N2O3S/c1-26-14-5-2-12(3-6-14)15-9-17(22-20(23)16(15)10-21)13-4-7-18-19(8-13)25-11-24-18/h2-9H,11H2,1H3,(H,22,23). The smallest absolute Gasteiger partial charge is 0.266 e. The molecule has 26 heavy (non-hydrogen) atoms. The van der Waals surface area contributed by atoms with Crippen molar-refractivity contribution in [3.63, 3.8) is 0 Å². The van der Waals surface area contributed by atoms with Crippen LogP contribution in [0, 0.1) is 11.3 Å². The molecule has 0 saturated carbocycles. The van der Waals surface area contributed by atoms with E-state index in [1.165, 1.54) is 0 Å². The molecule has 1 aromatic heterocycles. The van der Waals surface area contributed by atoms with Crippen molar-refractivity contribution >= 4 is 11.8 Å². The van der Waals surface area contributed by atoms with E-state index < -0.39 is 5.56 Å². The van der Waals surface area contributed by atoms with E-state index in [4.69, 9.17) is 9.47 Å². The molecule has 128 valence electrons. The van der Waals surface area contributed by atoms with E-state index in [1.807, 2.05) is 54.8 Å². The van der Waals surface area contributed by atoms with Crippen molar-refractivity contribution in [2.75, 3.05) is 13.0 Å². The van der Waals surface area contributed by atoms with E-state index in [1.54, 1.807) is 17.8 Å². The molecular weight excluding hydrogens is 348 g/mol. The Labute approximate surface area is 154 Å². The fourth-order valence-corrected chi connectivity index (χ4v) is 3.30. The highest BCUT2D eigenvalue weighted by Gasteiger charge is 2.16. The molecule has 3 aromatic rings. The summed E-state index contributed by atoms with van der Waals surface area (Å²) in [6.07, 6.45) is 2.00. The largest absolute Gasteiger partial charge is 0.454 e. The lowest BCUT2D eigenvalue weighted by Crippen LogP contribution is -2.12. The zero-order chi connectivity index (χ0) is 18.1. The zero-order valence-corrected chi connectivity index (χ0v) is 14.7. The summed E-state index contributed by atoms with van der Waals surface area (Å²) >= 11 is 1.64. The fourth-order valence-electron chi connectivity index (χ4n) is 2.89. The number of nitriles is 1. The minimum atomic E-state index is -0.411. The number of H-pyrrole nitrogens is 1. The molecule has 0 radical (unpaired) electrons. The van der Waals surface area contributed by atoms with Crippen molar-refractivity contribution in [1.29, 1.82) is 5.26 Å².